The molecule has 1 aliphatic carbocycles. The van der Waals surface area contributed by atoms with Gasteiger partial charge in [-0.25, -0.2) is 4.98 Å². The second-order valence-corrected chi connectivity index (χ2v) is 17.0. The van der Waals surface area contributed by atoms with Crippen molar-refractivity contribution in [2.45, 2.75) is 152 Å². The Morgan fingerprint density at radius 2 is 1.38 bits per heavy atom. The van der Waals surface area contributed by atoms with Crippen molar-refractivity contribution in [2.75, 3.05) is 12.4 Å². The molecule has 0 saturated carbocycles. The number of hydrogen-bond acceptors (Lipinski definition) is 4. The van der Waals surface area contributed by atoms with E-state index in [4.69, 9.17) is 9.72 Å². The van der Waals surface area contributed by atoms with E-state index in [1.54, 1.807) is 0 Å². The lowest BCUT2D eigenvalue weighted by Gasteiger charge is -2.29. The zero-order valence-electron chi connectivity index (χ0n) is 28.8. The van der Waals surface area contributed by atoms with E-state index in [9.17, 15) is 0 Å². The van der Waals surface area contributed by atoms with E-state index in [-0.39, 0.29) is 0 Å². The Balaban J connectivity index is 1.09. The van der Waals surface area contributed by atoms with Crippen LogP contribution in [0.3, 0.4) is 0 Å². The van der Waals surface area contributed by atoms with E-state index in [1.807, 2.05) is 23.1 Å². The number of halogens is 2. The van der Waals surface area contributed by atoms with E-state index in [2.05, 4.69) is 98.0 Å². The molecule has 2 heterocycles. The largest absolute Gasteiger partial charge is 0.363 e. The fraction of sp³-hybridized carbons (Fsp3) is 0.625. The van der Waals surface area contributed by atoms with Crippen LogP contribution in [0, 0.1) is 0 Å². The number of fused-ring (bicyclic) bond motifs is 1. The number of thiazole rings is 1. The van der Waals surface area contributed by atoms with Crippen molar-refractivity contribution < 1.29 is 4.74 Å². The summed E-state index contributed by atoms with van der Waals surface area (Å²) < 4.78 is 12.6. The lowest BCUT2D eigenvalue weighted by atomic mass is 9.95. The standard InChI is InChI=1S/C40H58Br2N2OS2/c1-2-3-4-5-6-7-11-14-17-23-32-46-34-24-25-35-36(33-34)47-39(43-35)40(28-19-18-20-29-40)45-31-22-16-13-10-8-9-12-15-21-30-44-37(41)26-27-38(44)42/h18-20,24-28,33H,2-17,21-23,29-32H2,1H3. The van der Waals surface area contributed by atoms with Crippen molar-refractivity contribution in [1.29, 1.82) is 0 Å². The van der Waals surface area contributed by atoms with Crippen molar-refractivity contribution >= 4 is 65.2 Å². The first-order chi connectivity index (χ1) is 23.1. The lowest BCUT2D eigenvalue weighted by Crippen LogP contribution is -2.28. The molecule has 1 unspecified atom stereocenters. The summed E-state index contributed by atoms with van der Waals surface area (Å²) in [5, 5.41) is 1.10. The molecule has 0 fully saturated rings. The Bertz CT molecular complexity index is 1330. The van der Waals surface area contributed by atoms with E-state index in [1.165, 1.54) is 131 Å². The summed E-state index contributed by atoms with van der Waals surface area (Å²) in [5.74, 6) is 1.21. The van der Waals surface area contributed by atoms with Crippen molar-refractivity contribution in [3.8, 4) is 0 Å². The number of hydrogen-bond donors (Lipinski definition) is 0. The van der Waals surface area contributed by atoms with Crippen LogP contribution < -0.4 is 0 Å². The lowest BCUT2D eigenvalue weighted by molar-refractivity contribution is -0.0131. The molecule has 0 bridgehead atoms. The van der Waals surface area contributed by atoms with Crippen molar-refractivity contribution in [3.05, 3.63) is 68.8 Å². The molecule has 0 N–H and O–H groups in total. The number of rotatable bonds is 26. The average molecular weight is 807 g/mol. The third-order valence-corrected chi connectivity index (χ3v) is 12.9. The monoisotopic (exact) mass is 804 g/mol. The van der Waals surface area contributed by atoms with Crippen LogP contribution in [-0.2, 0) is 16.9 Å². The van der Waals surface area contributed by atoms with Gasteiger partial charge in [0.1, 0.15) is 10.6 Å². The first-order valence-corrected chi connectivity index (χ1v) is 22.0. The number of benzene rings is 1. The molecule has 3 aromatic rings. The van der Waals surface area contributed by atoms with Gasteiger partial charge >= 0.3 is 0 Å². The minimum Gasteiger partial charge on any atom is -0.363 e. The number of thioether (sulfide) groups is 1. The fourth-order valence-electron chi connectivity index (χ4n) is 6.38. The van der Waals surface area contributed by atoms with Gasteiger partial charge in [-0.3, -0.25) is 0 Å². The highest BCUT2D eigenvalue weighted by Gasteiger charge is 2.34. The molecule has 2 aromatic heterocycles. The zero-order chi connectivity index (χ0) is 33.0. The quantitative estimate of drug-likeness (QED) is 0.0597. The average Bonchev–Trinajstić information content (AvgIpc) is 3.66. The van der Waals surface area contributed by atoms with Gasteiger partial charge in [-0.1, -0.05) is 128 Å². The third-order valence-electron chi connectivity index (χ3n) is 9.28. The summed E-state index contributed by atoms with van der Waals surface area (Å²) in [6.07, 6.45) is 35.1. The van der Waals surface area contributed by atoms with Gasteiger partial charge in [0.15, 0.2) is 0 Å². The summed E-state index contributed by atoms with van der Waals surface area (Å²) in [4.78, 5) is 6.47. The Morgan fingerprint density at radius 1 is 0.766 bits per heavy atom. The second kappa shape index (κ2) is 22.8. The predicted octanol–water partition coefficient (Wildman–Crippen LogP) is 14.6. The van der Waals surface area contributed by atoms with Gasteiger partial charge in [0, 0.05) is 24.5 Å². The second-order valence-electron chi connectivity index (χ2n) is 13.2. The fourth-order valence-corrected chi connectivity index (χ4v) is 9.78. The third kappa shape index (κ3) is 13.8. The van der Waals surface area contributed by atoms with Crippen molar-refractivity contribution in [2.24, 2.45) is 0 Å². The summed E-state index contributed by atoms with van der Waals surface area (Å²) in [5.41, 5.74) is 0.679. The minimum absolute atomic E-state index is 0.423. The number of aromatic nitrogens is 2. The van der Waals surface area contributed by atoms with Crippen LogP contribution in [0.1, 0.15) is 140 Å². The van der Waals surface area contributed by atoms with Crippen LogP contribution >= 0.6 is 55.0 Å². The summed E-state index contributed by atoms with van der Waals surface area (Å²) in [6.45, 7) is 4.16. The van der Waals surface area contributed by atoms with Gasteiger partial charge in [-0.05, 0) is 93.3 Å². The number of ether oxygens (including phenoxy) is 1. The molecule has 1 atom stereocenters. The van der Waals surface area contributed by atoms with Crippen LogP contribution in [0.4, 0.5) is 0 Å². The van der Waals surface area contributed by atoms with Gasteiger partial charge in [0.25, 0.3) is 0 Å². The smallest absolute Gasteiger partial charge is 0.141 e. The molecule has 1 aliphatic rings. The van der Waals surface area contributed by atoms with E-state index in [0.29, 0.717) is 0 Å². The Hall–Kier alpha value is -0.860. The number of unbranched alkanes of at least 4 members (excludes halogenated alkanes) is 17. The van der Waals surface area contributed by atoms with Crippen LogP contribution in [0.25, 0.3) is 10.2 Å². The molecule has 3 nitrogen and oxygen atoms in total. The summed E-state index contributed by atoms with van der Waals surface area (Å²) in [6, 6.07) is 11.0. The topological polar surface area (TPSA) is 27.1 Å². The van der Waals surface area contributed by atoms with Crippen LogP contribution in [0.5, 0.6) is 0 Å². The Kier molecular flexibility index (Phi) is 18.9. The molecule has 260 valence electrons. The highest BCUT2D eigenvalue weighted by molar-refractivity contribution is 9.11. The maximum Gasteiger partial charge on any atom is 0.141 e. The molecule has 1 aromatic carbocycles. The highest BCUT2D eigenvalue weighted by Crippen LogP contribution is 2.40. The molecule has 7 heteroatoms. The Labute approximate surface area is 311 Å². The zero-order valence-corrected chi connectivity index (χ0v) is 33.6. The van der Waals surface area contributed by atoms with E-state index >= 15 is 0 Å². The van der Waals surface area contributed by atoms with E-state index < -0.39 is 5.60 Å². The number of allylic oxidation sites excluding steroid dienone is 2. The first-order valence-electron chi connectivity index (χ1n) is 18.6. The van der Waals surface area contributed by atoms with E-state index in [0.717, 1.165) is 45.7 Å². The van der Waals surface area contributed by atoms with Gasteiger partial charge in [-0.2, -0.15) is 0 Å². The van der Waals surface area contributed by atoms with Gasteiger partial charge < -0.3 is 9.30 Å². The highest BCUT2D eigenvalue weighted by atomic mass is 79.9. The molecule has 4 rings (SSSR count). The Morgan fingerprint density at radius 3 is 2.02 bits per heavy atom. The molecular weight excluding hydrogens is 748 g/mol. The summed E-state index contributed by atoms with van der Waals surface area (Å²) in [7, 11) is 0. The van der Waals surface area contributed by atoms with Crippen LogP contribution in [-0.4, -0.2) is 21.9 Å². The molecule has 0 saturated heterocycles. The SMILES string of the molecule is CCCCCCCCCCCCSc1ccc2nc(C3(OCCCCCCCCCCCn4c(Br)ccc4Br)C=CC=CC3)sc2c1. The number of nitrogens with zero attached hydrogens (tertiary/aromatic N) is 2. The first kappa shape index (κ1) is 38.9. The molecule has 0 aliphatic heterocycles. The van der Waals surface area contributed by atoms with Crippen molar-refractivity contribution in [1.82, 2.24) is 9.55 Å². The maximum atomic E-state index is 6.68. The molecule has 0 amide bonds. The van der Waals surface area contributed by atoms with Crippen molar-refractivity contribution in [3.63, 3.8) is 0 Å². The van der Waals surface area contributed by atoms with Gasteiger partial charge in [0.2, 0.25) is 0 Å². The van der Waals surface area contributed by atoms with Gasteiger partial charge in [0.05, 0.1) is 19.4 Å². The summed E-state index contributed by atoms with van der Waals surface area (Å²) >= 11 is 11.1. The molecular formula is C40H58Br2N2OS2. The molecule has 0 spiro atoms. The predicted molar refractivity (Wildman–Crippen MR) is 214 cm³/mol. The van der Waals surface area contributed by atoms with Gasteiger partial charge in [-0.15, -0.1) is 23.1 Å². The molecule has 0 radical (unpaired) electrons. The normalized spacial score (nSPS) is 16.1. The van der Waals surface area contributed by atoms with Crippen LogP contribution in [0.15, 0.2) is 68.7 Å². The van der Waals surface area contributed by atoms with Crippen LogP contribution in [0.2, 0.25) is 0 Å². The maximum absolute atomic E-state index is 6.68. The molecule has 47 heavy (non-hydrogen) atoms. The minimum atomic E-state index is -0.423.